The number of carbonyl (C=O) groups is 1. The summed E-state index contributed by atoms with van der Waals surface area (Å²) in [6.45, 7) is 0. The number of phenolic OH excluding ortho intramolecular Hbond substituents is 1. The molecule has 0 aliphatic heterocycles. The van der Waals surface area contributed by atoms with Crippen molar-refractivity contribution in [3.8, 4) is 11.8 Å². The third-order valence-corrected chi connectivity index (χ3v) is 2.33. The standard InChI is InChI=1S/C9H5BrN2O4/c10-3-8(14)6-1-5(4-11)2-7(13)9(6)12(15)16/h1-2,13H,3H2. The normalized spacial score (nSPS) is 9.50. The third-order valence-electron chi connectivity index (χ3n) is 1.82. The predicted molar refractivity (Wildman–Crippen MR) is 57.6 cm³/mol. The number of alkyl halides is 1. The van der Waals surface area contributed by atoms with Gasteiger partial charge in [0.2, 0.25) is 0 Å². The summed E-state index contributed by atoms with van der Waals surface area (Å²) in [4.78, 5) is 21.2. The van der Waals surface area contributed by atoms with E-state index in [2.05, 4.69) is 15.9 Å². The number of halogens is 1. The summed E-state index contributed by atoms with van der Waals surface area (Å²) in [6.07, 6.45) is 0. The van der Waals surface area contributed by atoms with Crippen molar-refractivity contribution in [2.75, 3.05) is 5.33 Å². The van der Waals surface area contributed by atoms with Crippen LogP contribution in [0.2, 0.25) is 0 Å². The number of benzene rings is 1. The second-order valence-corrected chi connectivity index (χ2v) is 3.38. The fourth-order valence-corrected chi connectivity index (χ4v) is 1.46. The zero-order valence-electron chi connectivity index (χ0n) is 7.81. The first-order valence-corrected chi connectivity index (χ1v) is 5.14. The van der Waals surface area contributed by atoms with Gasteiger partial charge in [0.15, 0.2) is 11.5 Å². The lowest BCUT2D eigenvalue weighted by atomic mass is 10.1. The Kier molecular flexibility index (Phi) is 3.58. The summed E-state index contributed by atoms with van der Waals surface area (Å²) < 4.78 is 0. The molecule has 0 unspecified atom stereocenters. The second-order valence-electron chi connectivity index (χ2n) is 2.82. The molecule has 0 amide bonds. The van der Waals surface area contributed by atoms with Crippen LogP contribution in [0.15, 0.2) is 12.1 Å². The lowest BCUT2D eigenvalue weighted by Crippen LogP contribution is -2.05. The molecule has 1 aromatic carbocycles. The van der Waals surface area contributed by atoms with Gasteiger partial charge in [-0.15, -0.1) is 0 Å². The Labute approximate surface area is 98.4 Å². The number of nitrogens with zero attached hydrogens (tertiary/aromatic N) is 2. The van der Waals surface area contributed by atoms with Crippen LogP contribution in [0.3, 0.4) is 0 Å². The van der Waals surface area contributed by atoms with Gasteiger partial charge in [-0.1, -0.05) is 15.9 Å². The molecule has 0 bridgehead atoms. The highest BCUT2D eigenvalue weighted by Crippen LogP contribution is 2.31. The number of hydrogen-bond acceptors (Lipinski definition) is 5. The van der Waals surface area contributed by atoms with E-state index in [4.69, 9.17) is 5.26 Å². The lowest BCUT2D eigenvalue weighted by molar-refractivity contribution is -0.386. The smallest absolute Gasteiger partial charge is 0.321 e. The molecule has 1 rings (SSSR count). The van der Waals surface area contributed by atoms with E-state index in [-0.39, 0.29) is 16.5 Å². The zero-order valence-corrected chi connectivity index (χ0v) is 9.39. The first kappa shape index (κ1) is 12.1. The van der Waals surface area contributed by atoms with Gasteiger partial charge in [0.1, 0.15) is 5.56 Å². The molecule has 0 aromatic heterocycles. The van der Waals surface area contributed by atoms with Gasteiger partial charge in [0.25, 0.3) is 0 Å². The number of hydrogen-bond donors (Lipinski definition) is 1. The van der Waals surface area contributed by atoms with Crippen molar-refractivity contribution in [2.24, 2.45) is 0 Å². The predicted octanol–water partition coefficient (Wildman–Crippen LogP) is 1.75. The Bertz CT molecular complexity index is 507. The SMILES string of the molecule is N#Cc1cc(O)c([N+](=O)[O-])c(C(=O)CBr)c1. The molecule has 0 atom stereocenters. The van der Waals surface area contributed by atoms with Crippen molar-refractivity contribution in [3.63, 3.8) is 0 Å². The molecule has 0 saturated carbocycles. The summed E-state index contributed by atoms with van der Waals surface area (Å²) in [5.41, 5.74) is -0.964. The average Bonchev–Trinajstić information content (AvgIpc) is 2.26. The highest BCUT2D eigenvalue weighted by molar-refractivity contribution is 9.09. The Balaban J connectivity index is 3.54. The van der Waals surface area contributed by atoms with Crippen molar-refractivity contribution in [2.45, 2.75) is 0 Å². The van der Waals surface area contributed by atoms with Gasteiger partial charge in [-0.25, -0.2) is 0 Å². The molecule has 0 fully saturated rings. The number of ketones is 1. The summed E-state index contributed by atoms with van der Waals surface area (Å²) in [5.74, 6) is -1.26. The van der Waals surface area contributed by atoms with Crippen molar-refractivity contribution in [1.29, 1.82) is 5.26 Å². The molecule has 7 heteroatoms. The molecule has 82 valence electrons. The van der Waals surface area contributed by atoms with Crippen molar-refractivity contribution in [3.05, 3.63) is 33.4 Å². The minimum absolute atomic E-state index is 0.00704. The molecule has 0 heterocycles. The summed E-state index contributed by atoms with van der Waals surface area (Å²) in [6, 6.07) is 3.74. The number of phenols is 1. The molecule has 1 aromatic rings. The van der Waals surface area contributed by atoms with E-state index < -0.39 is 22.1 Å². The second kappa shape index (κ2) is 4.72. The monoisotopic (exact) mass is 284 g/mol. The molecular weight excluding hydrogens is 280 g/mol. The van der Waals surface area contributed by atoms with Crippen LogP contribution < -0.4 is 0 Å². The maximum atomic E-state index is 11.4. The molecule has 16 heavy (non-hydrogen) atoms. The van der Waals surface area contributed by atoms with E-state index in [1.807, 2.05) is 0 Å². The number of carbonyl (C=O) groups excluding carboxylic acids is 1. The minimum Gasteiger partial charge on any atom is -0.502 e. The zero-order chi connectivity index (χ0) is 12.3. The molecular formula is C9H5BrN2O4. The Morgan fingerprint density at radius 2 is 2.25 bits per heavy atom. The van der Waals surface area contributed by atoms with Gasteiger partial charge >= 0.3 is 5.69 Å². The Morgan fingerprint density at radius 1 is 1.62 bits per heavy atom. The van der Waals surface area contributed by atoms with Crippen LogP contribution in [0.1, 0.15) is 15.9 Å². The maximum absolute atomic E-state index is 11.4. The van der Waals surface area contributed by atoms with E-state index in [0.29, 0.717) is 0 Å². The van der Waals surface area contributed by atoms with Crippen LogP contribution in [0, 0.1) is 21.4 Å². The first-order chi connectivity index (χ1) is 7.51. The first-order valence-electron chi connectivity index (χ1n) is 4.02. The van der Waals surface area contributed by atoms with Gasteiger partial charge in [0, 0.05) is 6.07 Å². The fourth-order valence-electron chi connectivity index (χ4n) is 1.16. The van der Waals surface area contributed by atoms with Gasteiger partial charge in [-0.05, 0) is 6.07 Å². The third kappa shape index (κ3) is 2.17. The van der Waals surface area contributed by atoms with Crippen molar-refractivity contribution in [1.82, 2.24) is 0 Å². The van der Waals surface area contributed by atoms with Crippen LogP contribution in [-0.2, 0) is 0 Å². The van der Waals surface area contributed by atoms with E-state index >= 15 is 0 Å². The van der Waals surface area contributed by atoms with Crippen LogP contribution >= 0.6 is 15.9 Å². The topological polar surface area (TPSA) is 104 Å². The molecule has 6 nitrogen and oxygen atoms in total. The van der Waals surface area contributed by atoms with Crippen LogP contribution in [0.5, 0.6) is 5.75 Å². The number of rotatable bonds is 3. The molecule has 0 spiro atoms. The quantitative estimate of drug-likeness (QED) is 0.394. The maximum Gasteiger partial charge on any atom is 0.321 e. The average molecular weight is 285 g/mol. The number of Topliss-reactive ketones (excluding diaryl/α,β-unsaturated/α-hetero) is 1. The minimum atomic E-state index is -0.855. The van der Waals surface area contributed by atoms with Crippen LogP contribution in [0.4, 0.5) is 5.69 Å². The van der Waals surface area contributed by atoms with Crippen LogP contribution in [0.25, 0.3) is 0 Å². The van der Waals surface area contributed by atoms with Gasteiger partial charge in [-0.2, -0.15) is 5.26 Å². The van der Waals surface area contributed by atoms with Crippen molar-refractivity contribution < 1.29 is 14.8 Å². The Hall–Kier alpha value is -1.94. The highest BCUT2D eigenvalue weighted by atomic mass is 79.9. The number of nitro groups is 1. The van der Waals surface area contributed by atoms with Gasteiger partial charge < -0.3 is 5.11 Å². The Morgan fingerprint density at radius 3 is 2.69 bits per heavy atom. The summed E-state index contributed by atoms with van der Waals surface area (Å²) >= 11 is 2.87. The summed E-state index contributed by atoms with van der Waals surface area (Å²) in [5, 5.41) is 28.5. The molecule has 0 aliphatic rings. The lowest BCUT2D eigenvalue weighted by Gasteiger charge is -2.02. The molecule has 1 N–H and O–H groups in total. The number of nitriles is 1. The molecule has 0 saturated heterocycles. The van der Waals surface area contributed by atoms with E-state index in [9.17, 15) is 20.0 Å². The van der Waals surface area contributed by atoms with E-state index in [0.717, 1.165) is 12.1 Å². The number of nitro benzene ring substituents is 1. The summed E-state index contributed by atoms with van der Waals surface area (Å²) in [7, 11) is 0. The molecule has 0 radical (unpaired) electrons. The number of aromatic hydroxyl groups is 1. The van der Waals surface area contributed by atoms with Gasteiger partial charge in [0.05, 0.1) is 21.9 Å². The van der Waals surface area contributed by atoms with Crippen LogP contribution in [-0.4, -0.2) is 21.1 Å². The van der Waals surface area contributed by atoms with E-state index in [1.54, 1.807) is 6.07 Å². The highest BCUT2D eigenvalue weighted by Gasteiger charge is 2.25. The molecule has 0 aliphatic carbocycles. The van der Waals surface area contributed by atoms with E-state index in [1.165, 1.54) is 0 Å². The van der Waals surface area contributed by atoms with Gasteiger partial charge in [-0.3, -0.25) is 14.9 Å². The largest absolute Gasteiger partial charge is 0.502 e. The fraction of sp³-hybridized carbons (Fsp3) is 0.111. The van der Waals surface area contributed by atoms with Crippen molar-refractivity contribution >= 4 is 27.4 Å².